The summed E-state index contributed by atoms with van der Waals surface area (Å²) < 4.78 is 5.58. The van der Waals surface area contributed by atoms with Gasteiger partial charge in [-0.15, -0.1) is 0 Å². The summed E-state index contributed by atoms with van der Waals surface area (Å²) in [5.74, 6) is -0.310. The van der Waals surface area contributed by atoms with Crippen LogP contribution in [-0.4, -0.2) is 62.7 Å². The number of nitrogens with zero attached hydrogens (tertiary/aromatic N) is 1. The molecule has 0 fully saturated rings. The molecule has 11 nitrogen and oxygen atoms in total. The molecule has 0 saturated carbocycles. The number of alkyl carbamates (subject to hydrolysis) is 1. The number of unbranched alkanes of at least 4 members (excludes halogenated alkanes) is 6. The molecular weight excluding hydrogens is 618 g/mol. The highest BCUT2D eigenvalue weighted by molar-refractivity contribution is 5.87. The second kappa shape index (κ2) is 26.8. The maximum absolute atomic E-state index is 12.8. The van der Waals surface area contributed by atoms with Crippen LogP contribution in [-0.2, 0) is 14.3 Å². The first-order valence-corrected chi connectivity index (χ1v) is 18.2. The number of hydrogen-bond donors (Lipinski definition) is 6. The first-order valence-electron chi connectivity index (χ1n) is 18.2. The van der Waals surface area contributed by atoms with Gasteiger partial charge >= 0.3 is 6.09 Å². The molecule has 9 N–H and O–H groups in total. The number of benzene rings is 2. The van der Waals surface area contributed by atoms with Gasteiger partial charge in [-0.2, -0.15) is 0 Å². The molecule has 49 heavy (non-hydrogen) atoms. The average Bonchev–Trinajstić information content (AvgIpc) is 3.42. The lowest BCUT2D eigenvalue weighted by Crippen LogP contribution is -2.47. The van der Waals surface area contributed by atoms with E-state index in [2.05, 4.69) is 52.1 Å². The van der Waals surface area contributed by atoms with E-state index in [1.807, 2.05) is 45.0 Å². The minimum atomic E-state index is -0.623. The van der Waals surface area contributed by atoms with Crippen molar-refractivity contribution in [2.75, 3.05) is 32.8 Å². The number of carbonyl (C=O) groups is 3. The molecular formula is C38H63N7O4. The van der Waals surface area contributed by atoms with Crippen LogP contribution in [0.2, 0.25) is 0 Å². The van der Waals surface area contributed by atoms with E-state index in [0.717, 1.165) is 38.6 Å². The molecule has 1 aliphatic rings. The molecule has 0 bridgehead atoms. The first-order chi connectivity index (χ1) is 23.8. The lowest BCUT2D eigenvalue weighted by molar-refractivity contribution is -0.129. The van der Waals surface area contributed by atoms with E-state index in [9.17, 15) is 14.4 Å². The number of amides is 3. The van der Waals surface area contributed by atoms with Crippen LogP contribution < -0.4 is 33.2 Å². The highest BCUT2D eigenvalue weighted by atomic mass is 16.5. The normalized spacial score (nSPS) is 11.7. The van der Waals surface area contributed by atoms with Gasteiger partial charge in [-0.05, 0) is 60.9 Å². The molecule has 3 rings (SSSR count). The van der Waals surface area contributed by atoms with E-state index in [-0.39, 0.29) is 30.3 Å². The number of hydrogen-bond acceptors (Lipinski definition) is 6. The third-order valence-corrected chi connectivity index (χ3v) is 7.87. The lowest BCUT2D eigenvalue weighted by Gasteiger charge is -2.18. The van der Waals surface area contributed by atoms with Crippen molar-refractivity contribution in [3.63, 3.8) is 0 Å². The summed E-state index contributed by atoms with van der Waals surface area (Å²) in [6.07, 6.45) is 8.55. The summed E-state index contributed by atoms with van der Waals surface area (Å²) in [4.78, 5) is 41.7. The topological polar surface area (TPSA) is 187 Å². The quantitative estimate of drug-likeness (QED) is 0.0587. The Hall–Kier alpha value is -4.12. The Morgan fingerprint density at radius 2 is 1.35 bits per heavy atom. The van der Waals surface area contributed by atoms with Crippen LogP contribution in [0.4, 0.5) is 4.79 Å². The highest BCUT2D eigenvalue weighted by Crippen LogP contribution is 2.44. The number of aliphatic imine (C=N–C) groups is 1. The van der Waals surface area contributed by atoms with Crippen LogP contribution in [0.1, 0.15) is 115 Å². The van der Waals surface area contributed by atoms with Crippen LogP contribution >= 0.6 is 0 Å². The van der Waals surface area contributed by atoms with Crippen LogP contribution in [0.25, 0.3) is 11.1 Å². The first kappa shape index (κ1) is 42.9. The fourth-order valence-electron chi connectivity index (χ4n) is 5.53. The lowest BCUT2D eigenvalue weighted by atomic mass is 9.98. The minimum absolute atomic E-state index is 0.00947. The number of nitrogens with two attached hydrogens (primary N) is 3. The molecule has 0 heterocycles. The molecule has 1 unspecified atom stereocenters. The van der Waals surface area contributed by atoms with E-state index in [1.165, 1.54) is 35.1 Å². The number of rotatable bonds is 20. The van der Waals surface area contributed by atoms with Crippen LogP contribution in [0.3, 0.4) is 0 Å². The summed E-state index contributed by atoms with van der Waals surface area (Å²) in [5.41, 5.74) is 20.4. The Morgan fingerprint density at radius 3 is 1.94 bits per heavy atom. The van der Waals surface area contributed by atoms with Gasteiger partial charge in [0, 0.05) is 32.0 Å². The second-order valence-corrected chi connectivity index (χ2v) is 11.7. The van der Waals surface area contributed by atoms with Crippen molar-refractivity contribution in [3.05, 3.63) is 59.7 Å². The third kappa shape index (κ3) is 17.2. The molecule has 0 spiro atoms. The van der Waals surface area contributed by atoms with Gasteiger partial charge in [-0.1, -0.05) is 108 Å². The molecule has 0 saturated heterocycles. The molecule has 2 aromatic rings. The van der Waals surface area contributed by atoms with Gasteiger partial charge in [-0.3, -0.25) is 14.6 Å². The molecule has 1 aliphatic carbocycles. The Kier molecular flexibility index (Phi) is 23.5. The highest BCUT2D eigenvalue weighted by Gasteiger charge is 2.29. The molecule has 0 aromatic heterocycles. The molecule has 0 aliphatic heterocycles. The average molecular weight is 682 g/mol. The van der Waals surface area contributed by atoms with Crippen molar-refractivity contribution < 1.29 is 19.1 Å². The summed E-state index contributed by atoms with van der Waals surface area (Å²) in [7, 11) is 0. The molecule has 3 amide bonds. The molecule has 1 atom stereocenters. The molecule has 2 aromatic carbocycles. The second-order valence-electron chi connectivity index (χ2n) is 11.7. The predicted molar refractivity (Wildman–Crippen MR) is 201 cm³/mol. The Labute approximate surface area is 294 Å². The monoisotopic (exact) mass is 681 g/mol. The van der Waals surface area contributed by atoms with E-state index in [4.69, 9.17) is 21.9 Å². The number of nitrogens with one attached hydrogen (secondary N) is 3. The fourth-order valence-corrected chi connectivity index (χ4v) is 5.53. The van der Waals surface area contributed by atoms with Gasteiger partial charge in [0.1, 0.15) is 12.6 Å². The molecule has 0 radical (unpaired) electrons. The predicted octanol–water partition coefficient (Wildman–Crippen LogP) is 5.70. The van der Waals surface area contributed by atoms with Crippen LogP contribution in [0.5, 0.6) is 0 Å². The largest absolute Gasteiger partial charge is 0.449 e. The molecule has 11 heteroatoms. The fraction of sp³-hybridized carbons (Fsp3) is 0.579. The Balaban J connectivity index is 0.00000227. The van der Waals surface area contributed by atoms with Crippen molar-refractivity contribution in [2.45, 2.75) is 110 Å². The van der Waals surface area contributed by atoms with E-state index >= 15 is 0 Å². The SMILES string of the molecule is CC.CCCCCCCNC(=O)C(CCCN=C(N)N)NC(=O)CCCCCNC(=O)OCC1c2ccccc2-c2ccccc21.CCN. The zero-order chi connectivity index (χ0) is 36.3. The number of carbonyl (C=O) groups excluding carboxylic acids is 3. The van der Waals surface area contributed by atoms with Crippen molar-refractivity contribution in [1.82, 2.24) is 16.0 Å². The Bertz CT molecular complexity index is 1200. The van der Waals surface area contributed by atoms with Crippen molar-refractivity contribution >= 4 is 23.9 Å². The van der Waals surface area contributed by atoms with Gasteiger partial charge in [0.15, 0.2) is 5.96 Å². The van der Waals surface area contributed by atoms with Crippen LogP contribution in [0.15, 0.2) is 53.5 Å². The van der Waals surface area contributed by atoms with Gasteiger partial charge in [-0.25, -0.2) is 4.79 Å². The van der Waals surface area contributed by atoms with Crippen LogP contribution in [0, 0.1) is 0 Å². The zero-order valence-electron chi connectivity index (χ0n) is 30.4. The van der Waals surface area contributed by atoms with Crippen molar-refractivity contribution in [3.8, 4) is 11.1 Å². The van der Waals surface area contributed by atoms with Gasteiger partial charge in [0.2, 0.25) is 11.8 Å². The number of fused-ring (bicyclic) bond motifs is 3. The summed E-state index contributed by atoms with van der Waals surface area (Å²) in [5, 5.41) is 8.66. The summed E-state index contributed by atoms with van der Waals surface area (Å²) in [6.45, 7) is 10.6. The summed E-state index contributed by atoms with van der Waals surface area (Å²) >= 11 is 0. The zero-order valence-corrected chi connectivity index (χ0v) is 30.4. The van der Waals surface area contributed by atoms with Crippen molar-refractivity contribution in [2.24, 2.45) is 22.2 Å². The van der Waals surface area contributed by atoms with E-state index < -0.39 is 12.1 Å². The van der Waals surface area contributed by atoms with Gasteiger partial charge < -0.3 is 37.9 Å². The smallest absolute Gasteiger partial charge is 0.407 e. The maximum Gasteiger partial charge on any atom is 0.407 e. The van der Waals surface area contributed by atoms with E-state index in [0.29, 0.717) is 45.3 Å². The minimum Gasteiger partial charge on any atom is -0.449 e. The van der Waals surface area contributed by atoms with Gasteiger partial charge in [0.05, 0.1) is 0 Å². The van der Waals surface area contributed by atoms with Crippen molar-refractivity contribution in [1.29, 1.82) is 0 Å². The summed E-state index contributed by atoms with van der Waals surface area (Å²) in [6, 6.07) is 15.9. The van der Waals surface area contributed by atoms with Gasteiger partial charge in [0.25, 0.3) is 0 Å². The Morgan fingerprint density at radius 1 is 0.796 bits per heavy atom. The standard InChI is InChI=1S/C34H50N6O4.C2H7N.C2H6/c1-2-3-4-5-12-21-37-32(42)30(19-14-23-38-33(35)36)40-31(41)20-7-6-13-22-39-34(43)44-24-29-27-17-10-8-15-25(27)26-16-9-11-18-28(26)29;1-2-3;1-2/h8-11,15-18,29-30H,2-7,12-14,19-24H2,1H3,(H,37,42)(H,39,43)(H,40,41)(H4,35,36,38);2-3H2,1H3;1-2H3. The van der Waals surface area contributed by atoms with E-state index in [1.54, 1.807) is 0 Å². The molecule has 274 valence electrons. The number of guanidine groups is 1. The maximum atomic E-state index is 12.8. The third-order valence-electron chi connectivity index (χ3n) is 7.87. The number of ether oxygens (including phenoxy) is 1.